The van der Waals surface area contributed by atoms with Crippen LogP contribution in [-0.2, 0) is 0 Å². The van der Waals surface area contributed by atoms with E-state index in [2.05, 4.69) is 5.32 Å². The summed E-state index contributed by atoms with van der Waals surface area (Å²) in [5, 5.41) is 12.8. The van der Waals surface area contributed by atoms with Crippen molar-refractivity contribution in [3.8, 4) is 0 Å². The molecule has 2 aromatic carbocycles. The first-order valence-corrected chi connectivity index (χ1v) is 6.90. The summed E-state index contributed by atoms with van der Waals surface area (Å²) in [7, 11) is 0. The molecular formula is C15H12Cl2FNO2. The van der Waals surface area contributed by atoms with Gasteiger partial charge in [0.15, 0.2) is 0 Å². The van der Waals surface area contributed by atoms with E-state index in [0.29, 0.717) is 16.1 Å². The summed E-state index contributed by atoms with van der Waals surface area (Å²) in [6.45, 7) is -0.0644. The number of halogens is 3. The lowest BCUT2D eigenvalue weighted by Crippen LogP contribution is -2.28. The maximum Gasteiger partial charge on any atom is 0.252 e. The van der Waals surface area contributed by atoms with E-state index in [9.17, 15) is 14.3 Å². The SMILES string of the molecule is O=C(NCC(O)c1ccc(Cl)c(F)c1)c1ccccc1Cl. The minimum absolute atomic E-state index is 0.0222. The Kier molecular flexibility index (Phi) is 5.17. The molecule has 0 aliphatic carbocycles. The Labute approximate surface area is 131 Å². The van der Waals surface area contributed by atoms with Crippen LogP contribution in [0, 0.1) is 5.82 Å². The number of hydrogen-bond acceptors (Lipinski definition) is 2. The van der Waals surface area contributed by atoms with Crippen molar-refractivity contribution in [3.05, 3.63) is 69.5 Å². The van der Waals surface area contributed by atoms with Gasteiger partial charge in [-0.15, -0.1) is 0 Å². The van der Waals surface area contributed by atoms with Crippen LogP contribution in [0.4, 0.5) is 4.39 Å². The monoisotopic (exact) mass is 327 g/mol. The first kappa shape index (κ1) is 15.8. The number of benzene rings is 2. The summed E-state index contributed by atoms with van der Waals surface area (Å²) in [5.41, 5.74) is 0.644. The molecule has 2 N–H and O–H groups in total. The number of aliphatic hydroxyl groups is 1. The maximum atomic E-state index is 13.3. The fourth-order valence-corrected chi connectivity index (χ4v) is 2.11. The molecule has 0 saturated heterocycles. The van der Waals surface area contributed by atoms with Gasteiger partial charge in [-0.3, -0.25) is 4.79 Å². The number of nitrogens with one attached hydrogen (secondary N) is 1. The third-order valence-electron chi connectivity index (χ3n) is 2.90. The van der Waals surface area contributed by atoms with E-state index in [1.165, 1.54) is 12.1 Å². The van der Waals surface area contributed by atoms with Crippen LogP contribution in [0.25, 0.3) is 0 Å². The molecule has 0 aromatic heterocycles. The largest absolute Gasteiger partial charge is 0.387 e. The summed E-state index contributed by atoms with van der Waals surface area (Å²) in [5.74, 6) is -1.03. The number of aliphatic hydroxyl groups excluding tert-OH is 1. The number of amides is 1. The molecule has 2 aromatic rings. The van der Waals surface area contributed by atoms with Gasteiger partial charge in [0, 0.05) is 6.54 Å². The first-order valence-electron chi connectivity index (χ1n) is 6.15. The van der Waals surface area contributed by atoms with Crippen molar-refractivity contribution in [2.45, 2.75) is 6.10 Å². The van der Waals surface area contributed by atoms with Gasteiger partial charge in [-0.2, -0.15) is 0 Å². The molecule has 0 bridgehead atoms. The number of rotatable bonds is 4. The zero-order valence-corrected chi connectivity index (χ0v) is 12.3. The second kappa shape index (κ2) is 6.89. The fraction of sp³-hybridized carbons (Fsp3) is 0.133. The lowest BCUT2D eigenvalue weighted by molar-refractivity contribution is 0.0916. The molecule has 2 rings (SSSR count). The zero-order chi connectivity index (χ0) is 15.4. The van der Waals surface area contributed by atoms with Crippen LogP contribution in [-0.4, -0.2) is 17.6 Å². The van der Waals surface area contributed by atoms with Crippen LogP contribution in [0.2, 0.25) is 10.0 Å². The van der Waals surface area contributed by atoms with Crippen molar-refractivity contribution >= 4 is 29.1 Å². The van der Waals surface area contributed by atoms with E-state index in [0.717, 1.165) is 6.07 Å². The highest BCUT2D eigenvalue weighted by molar-refractivity contribution is 6.33. The molecule has 1 unspecified atom stereocenters. The Morgan fingerprint density at radius 3 is 2.57 bits per heavy atom. The van der Waals surface area contributed by atoms with E-state index in [-0.39, 0.29) is 11.6 Å². The summed E-state index contributed by atoms with van der Waals surface area (Å²) in [4.78, 5) is 11.9. The summed E-state index contributed by atoms with van der Waals surface area (Å²) in [6, 6.07) is 10.6. The predicted octanol–water partition coefficient (Wildman–Crippen LogP) is 3.60. The highest BCUT2D eigenvalue weighted by Gasteiger charge is 2.14. The van der Waals surface area contributed by atoms with Crippen LogP contribution in [0.15, 0.2) is 42.5 Å². The molecule has 1 atom stereocenters. The smallest absolute Gasteiger partial charge is 0.252 e. The Morgan fingerprint density at radius 2 is 1.90 bits per heavy atom. The van der Waals surface area contributed by atoms with Crippen molar-refractivity contribution in [1.82, 2.24) is 5.32 Å². The van der Waals surface area contributed by atoms with E-state index in [1.807, 2.05) is 0 Å². The van der Waals surface area contributed by atoms with E-state index in [1.54, 1.807) is 24.3 Å². The molecule has 0 radical (unpaired) electrons. The number of carbonyl (C=O) groups excluding carboxylic acids is 1. The van der Waals surface area contributed by atoms with E-state index >= 15 is 0 Å². The fourth-order valence-electron chi connectivity index (χ4n) is 1.77. The van der Waals surface area contributed by atoms with Gasteiger partial charge in [-0.25, -0.2) is 4.39 Å². The van der Waals surface area contributed by atoms with Crippen LogP contribution in [0.3, 0.4) is 0 Å². The molecule has 21 heavy (non-hydrogen) atoms. The molecular weight excluding hydrogens is 316 g/mol. The number of carbonyl (C=O) groups is 1. The maximum absolute atomic E-state index is 13.3. The predicted molar refractivity (Wildman–Crippen MR) is 80.2 cm³/mol. The lowest BCUT2D eigenvalue weighted by Gasteiger charge is -2.13. The van der Waals surface area contributed by atoms with Gasteiger partial charge in [-0.05, 0) is 29.8 Å². The van der Waals surface area contributed by atoms with Crippen molar-refractivity contribution in [1.29, 1.82) is 0 Å². The van der Waals surface area contributed by atoms with Gasteiger partial charge in [0.2, 0.25) is 0 Å². The third kappa shape index (κ3) is 3.94. The third-order valence-corrected chi connectivity index (χ3v) is 3.54. The lowest BCUT2D eigenvalue weighted by atomic mass is 10.1. The molecule has 0 aliphatic rings. The summed E-state index contributed by atoms with van der Waals surface area (Å²) < 4.78 is 13.3. The van der Waals surface area contributed by atoms with Crippen LogP contribution in [0.1, 0.15) is 22.0 Å². The molecule has 0 saturated carbocycles. The molecule has 0 fully saturated rings. The van der Waals surface area contributed by atoms with Crippen molar-refractivity contribution in [2.24, 2.45) is 0 Å². The second-order valence-corrected chi connectivity index (χ2v) is 5.19. The minimum Gasteiger partial charge on any atom is -0.387 e. The van der Waals surface area contributed by atoms with Crippen molar-refractivity contribution < 1.29 is 14.3 Å². The van der Waals surface area contributed by atoms with Crippen LogP contribution in [0.5, 0.6) is 0 Å². The van der Waals surface area contributed by atoms with Gasteiger partial charge >= 0.3 is 0 Å². The minimum atomic E-state index is -1.04. The van der Waals surface area contributed by atoms with Crippen molar-refractivity contribution in [3.63, 3.8) is 0 Å². The Morgan fingerprint density at radius 1 is 1.19 bits per heavy atom. The molecule has 0 heterocycles. The van der Waals surface area contributed by atoms with Gasteiger partial charge in [0.25, 0.3) is 5.91 Å². The molecule has 6 heteroatoms. The summed E-state index contributed by atoms with van der Waals surface area (Å²) >= 11 is 11.5. The molecule has 1 amide bonds. The standard InChI is InChI=1S/C15H12Cl2FNO2/c16-11-4-2-1-3-10(11)15(21)19-8-14(20)9-5-6-12(17)13(18)7-9/h1-7,14,20H,8H2,(H,19,21). The summed E-state index contributed by atoms with van der Waals surface area (Å²) in [6.07, 6.45) is -1.04. The molecule has 110 valence electrons. The van der Waals surface area contributed by atoms with Crippen molar-refractivity contribution in [2.75, 3.05) is 6.54 Å². The molecule has 3 nitrogen and oxygen atoms in total. The van der Waals surface area contributed by atoms with Gasteiger partial charge in [-0.1, -0.05) is 41.4 Å². The first-order chi connectivity index (χ1) is 9.99. The second-order valence-electron chi connectivity index (χ2n) is 4.38. The quantitative estimate of drug-likeness (QED) is 0.901. The highest BCUT2D eigenvalue weighted by atomic mass is 35.5. The number of hydrogen-bond donors (Lipinski definition) is 2. The molecule has 0 spiro atoms. The topological polar surface area (TPSA) is 49.3 Å². The van der Waals surface area contributed by atoms with Gasteiger partial charge in [0.05, 0.1) is 21.7 Å². The highest BCUT2D eigenvalue weighted by Crippen LogP contribution is 2.20. The van der Waals surface area contributed by atoms with E-state index < -0.39 is 17.8 Å². The Hall–Kier alpha value is -1.62. The average molecular weight is 328 g/mol. The van der Waals surface area contributed by atoms with Crippen LogP contribution < -0.4 is 5.32 Å². The van der Waals surface area contributed by atoms with Crippen LogP contribution >= 0.6 is 23.2 Å². The van der Waals surface area contributed by atoms with E-state index in [4.69, 9.17) is 23.2 Å². The van der Waals surface area contributed by atoms with Gasteiger partial charge < -0.3 is 10.4 Å². The van der Waals surface area contributed by atoms with Gasteiger partial charge in [0.1, 0.15) is 5.82 Å². The average Bonchev–Trinajstić information content (AvgIpc) is 2.47. The normalized spacial score (nSPS) is 12.0. The Balaban J connectivity index is 2.01. The Bertz CT molecular complexity index is 664. The zero-order valence-electron chi connectivity index (χ0n) is 10.8. The molecule has 0 aliphatic heterocycles.